The highest BCUT2D eigenvalue weighted by atomic mass is 16.5. The highest BCUT2D eigenvalue weighted by molar-refractivity contribution is 5.83. The molecule has 0 aromatic heterocycles. The van der Waals surface area contributed by atoms with E-state index < -0.39 is 24.0 Å². The Morgan fingerprint density at radius 3 is 2.50 bits per heavy atom. The van der Waals surface area contributed by atoms with Gasteiger partial charge in [0, 0.05) is 13.0 Å². The topological polar surface area (TPSA) is 117 Å². The van der Waals surface area contributed by atoms with Crippen molar-refractivity contribution in [2.24, 2.45) is 0 Å². The van der Waals surface area contributed by atoms with E-state index in [9.17, 15) is 14.4 Å². The van der Waals surface area contributed by atoms with E-state index in [4.69, 9.17) is 5.11 Å². The molecule has 0 fully saturated rings. The first-order valence-electron chi connectivity index (χ1n) is 6.56. The molecule has 4 N–H and O–H groups in total. The second-order valence-corrected chi connectivity index (χ2v) is 4.11. The molecule has 20 heavy (non-hydrogen) atoms. The van der Waals surface area contributed by atoms with Crippen LogP contribution in [0, 0.1) is 0 Å². The van der Waals surface area contributed by atoms with Gasteiger partial charge in [-0.15, -0.1) is 0 Å². The van der Waals surface area contributed by atoms with Crippen LogP contribution < -0.4 is 16.0 Å². The molecule has 1 atom stereocenters. The molecule has 2 amide bonds. The normalized spacial score (nSPS) is 11.5. The molecule has 8 heteroatoms. The van der Waals surface area contributed by atoms with Gasteiger partial charge in [-0.3, -0.25) is 4.79 Å². The zero-order valence-electron chi connectivity index (χ0n) is 11.9. The van der Waals surface area contributed by atoms with Gasteiger partial charge in [0.15, 0.2) is 0 Å². The summed E-state index contributed by atoms with van der Waals surface area (Å²) < 4.78 is 4.42. The molecule has 0 rings (SSSR count). The molecule has 0 aliphatic carbocycles. The minimum absolute atomic E-state index is 0.00713. The molecule has 0 spiro atoms. The maximum Gasteiger partial charge on any atom is 0.326 e. The van der Waals surface area contributed by atoms with Crippen LogP contribution in [-0.4, -0.2) is 55.9 Å². The third kappa shape index (κ3) is 9.15. The van der Waals surface area contributed by atoms with Gasteiger partial charge in [-0.2, -0.15) is 0 Å². The van der Waals surface area contributed by atoms with Gasteiger partial charge >= 0.3 is 18.0 Å². The summed E-state index contributed by atoms with van der Waals surface area (Å²) in [7, 11) is 1.22. The van der Waals surface area contributed by atoms with E-state index in [2.05, 4.69) is 20.7 Å². The van der Waals surface area contributed by atoms with Crippen molar-refractivity contribution in [2.45, 2.75) is 32.2 Å². The Bertz CT molecular complexity index is 322. The van der Waals surface area contributed by atoms with E-state index in [1.165, 1.54) is 7.11 Å². The van der Waals surface area contributed by atoms with E-state index >= 15 is 0 Å². The van der Waals surface area contributed by atoms with Gasteiger partial charge in [-0.1, -0.05) is 6.92 Å². The summed E-state index contributed by atoms with van der Waals surface area (Å²) >= 11 is 0. The van der Waals surface area contributed by atoms with Gasteiger partial charge in [0.05, 0.1) is 7.11 Å². The fraction of sp³-hybridized carbons (Fsp3) is 0.750. The number of ether oxygens (including phenoxy) is 1. The number of nitrogens with one attached hydrogen (secondary N) is 3. The molecule has 0 heterocycles. The number of carbonyl (C=O) groups excluding carboxylic acids is 2. The molecule has 8 nitrogen and oxygen atoms in total. The molecule has 0 aromatic rings. The van der Waals surface area contributed by atoms with Gasteiger partial charge in [0.1, 0.15) is 6.04 Å². The van der Waals surface area contributed by atoms with Crippen LogP contribution in [0.5, 0.6) is 0 Å². The maximum absolute atomic E-state index is 11.5. The Balaban J connectivity index is 3.96. The lowest BCUT2D eigenvalue weighted by molar-refractivity contribution is -0.142. The Morgan fingerprint density at radius 1 is 1.25 bits per heavy atom. The summed E-state index contributed by atoms with van der Waals surface area (Å²) in [6.07, 6.45) is 0.683. The highest BCUT2D eigenvalue weighted by Crippen LogP contribution is 1.99. The van der Waals surface area contributed by atoms with E-state index in [0.29, 0.717) is 6.54 Å². The van der Waals surface area contributed by atoms with Crippen molar-refractivity contribution in [3.05, 3.63) is 0 Å². The second kappa shape index (κ2) is 11.0. The number of aliphatic carboxylic acids is 1. The molecule has 0 aliphatic heterocycles. The predicted octanol–water partition coefficient (Wildman–Crippen LogP) is -0.308. The number of hydrogen-bond donors (Lipinski definition) is 4. The number of methoxy groups -OCH3 is 1. The smallest absolute Gasteiger partial charge is 0.326 e. The quantitative estimate of drug-likeness (QED) is 0.324. The van der Waals surface area contributed by atoms with Gasteiger partial charge < -0.3 is 25.8 Å². The van der Waals surface area contributed by atoms with Crippen molar-refractivity contribution in [3.63, 3.8) is 0 Å². The molecular weight excluding hydrogens is 266 g/mol. The molecular formula is C12H23N3O5. The van der Waals surface area contributed by atoms with Crippen LogP contribution in [0.15, 0.2) is 0 Å². The summed E-state index contributed by atoms with van der Waals surface area (Å²) in [6, 6.07) is -1.67. The second-order valence-electron chi connectivity index (χ2n) is 4.11. The first-order chi connectivity index (χ1) is 9.51. The SMILES string of the molecule is CCNCCCNC(=O)N[C@H](CCC(=O)OC)C(=O)O. The number of rotatable bonds is 10. The van der Waals surface area contributed by atoms with Crippen molar-refractivity contribution in [1.29, 1.82) is 0 Å². The number of esters is 1. The minimum Gasteiger partial charge on any atom is -0.480 e. The summed E-state index contributed by atoms with van der Waals surface area (Å²) in [5.74, 6) is -1.69. The number of hydrogen-bond acceptors (Lipinski definition) is 5. The zero-order valence-corrected chi connectivity index (χ0v) is 11.9. The van der Waals surface area contributed by atoms with Crippen LogP contribution in [0.2, 0.25) is 0 Å². The lowest BCUT2D eigenvalue weighted by Gasteiger charge is -2.14. The summed E-state index contributed by atoms with van der Waals surface area (Å²) in [5.41, 5.74) is 0. The monoisotopic (exact) mass is 289 g/mol. The third-order valence-electron chi connectivity index (χ3n) is 2.53. The summed E-state index contributed by atoms with van der Waals surface area (Å²) in [6.45, 7) is 4.07. The fourth-order valence-electron chi connectivity index (χ4n) is 1.42. The first-order valence-corrected chi connectivity index (χ1v) is 6.56. The van der Waals surface area contributed by atoms with E-state index in [1.54, 1.807) is 0 Å². The molecule has 0 bridgehead atoms. The number of carboxylic acid groups (broad SMARTS) is 1. The number of carboxylic acids is 1. The Hall–Kier alpha value is -1.83. The van der Waals surface area contributed by atoms with E-state index in [1.807, 2.05) is 6.92 Å². The van der Waals surface area contributed by atoms with Gasteiger partial charge in [0.25, 0.3) is 0 Å². The zero-order chi connectivity index (χ0) is 15.4. The van der Waals surface area contributed by atoms with Crippen molar-refractivity contribution < 1.29 is 24.2 Å². The molecule has 0 unspecified atom stereocenters. The third-order valence-corrected chi connectivity index (χ3v) is 2.53. The van der Waals surface area contributed by atoms with Crippen molar-refractivity contribution in [2.75, 3.05) is 26.7 Å². The van der Waals surface area contributed by atoms with Crippen molar-refractivity contribution in [1.82, 2.24) is 16.0 Å². The lowest BCUT2D eigenvalue weighted by Crippen LogP contribution is -2.46. The Morgan fingerprint density at radius 2 is 1.95 bits per heavy atom. The summed E-state index contributed by atoms with van der Waals surface area (Å²) in [4.78, 5) is 33.4. The predicted molar refractivity (Wildman–Crippen MR) is 72.4 cm³/mol. The molecule has 116 valence electrons. The largest absolute Gasteiger partial charge is 0.480 e. The van der Waals surface area contributed by atoms with Gasteiger partial charge in [0.2, 0.25) is 0 Å². The molecule has 0 radical (unpaired) electrons. The Labute approximate surface area is 118 Å². The van der Waals surface area contributed by atoms with Crippen LogP contribution in [0.4, 0.5) is 4.79 Å². The molecule has 0 aromatic carbocycles. The van der Waals surface area contributed by atoms with Crippen LogP contribution in [-0.2, 0) is 14.3 Å². The lowest BCUT2D eigenvalue weighted by atomic mass is 10.1. The average molecular weight is 289 g/mol. The average Bonchev–Trinajstić information content (AvgIpc) is 2.42. The summed E-state index contributed by atoms with van der Waals surface area (Å²) in [5, 5.41) is 16.9. The van der Waals surface area contributed by atoms with Crippen LogP contribution in [0.1, 0.15) is 26.2 Å². The standard InChI is InChI=1S/C12H23N3O5/c1-3-13-7-4-8-14-12(19)15-9(11(17)18)5-6-10(16)20-2/h9,13H,3-8H2,1-2H3,(H,17,18)(H2,14,15,19)/t9-/m1/s1. The molecule has 0 saturated carbocycles. The highest BCUT2D eigenvalue weighted by Gasteiger charge is 2.20. The van der Waals surface area contributed by atoms with Crippen LogP contribution >= 0.6 is 0 Å². The van der Waals surface area contributed by atoms with Gasteiger partial charge in [-0.25, -0.2) is 9.59 Å². The van der Waals surface area contributed by atoms with Gasteiger partial charge in [-0.05, 0) is 25.9 Å². The maximum atomic E-state index is 11.5. The first kappa shape index (κ1) is 18.2. The molecule has 0 aliphatic rings. The number of carbonyl (C=O) groups is 3. The van der Waals surface area contributed by atoms with Crippen molar-refractivity contribution >= 4 is 18.0 Å². The number of urea groups is 1. The van der Waals surface area contributed by atoms with E-state index in [-0.39, 0.29) is 12.8 Å². The minimum atomic E-state index is -1.18. The Kier molecular flexibility index (Phi) is 10.0. The van der Waals surface area contributed by atoms with Crippen LogP contribution in [0.3, 0.4) is 0 Å². The van der Waals surface area contributed by atoms with E-state index in [0.717, 1.165) is 19.5 Å². The molecule has 0 saturated heterocycles. The van der Waals surface area contributed by atoms with Crippen molar-refractivity contribution in [3.8, 4) is 0 Å². The van der Waals surface area contributed by atoms with Crippen LogP contribution in [0.25, 0.3) is 0 Å². The fourth-order valence-corrected chi connectivity index (χ4v) is 1.42. The number of amides is 2.